The molecule has 104 valence electrons. The van der Waals surface area contributed by atoms with E-state index in [9.17, 15) is 0 Å². The Balaban J connectivity index is 0.00000180. The summed E-state index contributed by atoms with van der Waals surface area (Å²) in [6.07, 6.45) is 1.86. The summed E-state index contributed by atoms with van der Waals surface area (Å²) < 4.78 is 0. The van der Waals surface area contributed by atoms with Gasteiger partial charge >= 0.3 is 0 Å². The lowest BCUT2D eigenvalue weighted by Gasteiger charge is -2.24. The number of nitrogens with two attached hydrogens (primary N) is 1. The van der Waals surface area contributed by atoms with Crippen molar-refractivity contribution >= 4 is 28.9 Å². The van der Waals surface area contributed by atoms with E-state index >= 15 is 0 Å². The second-order valence-corrected chi connectivity index (χ2v) is 5.81. The molecule has 0 bridgehead atoms. The third kappa shape index (κ3) is 4.20. The highest BCUT2D eigenvalue weighted by Gasteiger charge is 2.12. The van der Waals surface area contributed by atoms with E-state index in [2.05, 4.69) is 55.0 Å². The van der Waals surface area contributed by atoms with Gasteiger partial charge in [0.2, 0.25) is 0 Å². The van der Waals surface area contributed by atoms with Crippen molar-refractivity contribution in [3.63, 3.8) is 0 Å². The molecule has 0 aliphatic carbocycles. The van der Waals surface area contributed by atoms with Crippen molar-refractivity contribution in [3.05, 3.63) is 46.5 Å². The van der Waals surface area contributed by atoms with Crippen LogP contribution in [0.2, 0.25) is 0 Å². The zero-order valence-electron chi connectivity index (χ0n) is 11.5. The summed E-state index contributed by atoms with van der Waals surface area (Å²) >= 11 is 1.56. The van der Waals surface area contributed by atoms with E-state index in [0.717, 1.165) is 6.54 Å². The highest BCUT2D eigenvalue weighted by Crippen LogP contribution is 2.23. The first-order valence-corrected chi connectivity index (χ1v) is 6.85. The number of benzene rings is 1. The summed E-state index contributed by atoms with van der Waals surface area (Å²) in [4.78, 5) is 7.59. The lowest BCUT2D eigenvalue weighted by atomic mass is 10.1. The predicted octanol–water partition coefficient (Wildman–Crippen LogP) is 3.65. The average Bonchev–Trinajstić information content (AvgIpc) is 2.75. The van der Waals surface area contributed by atoms with Crippen molar-refractivity contribution in [1.29, 1.82) is 0 Å². The normalized spacial score (nSPS) is 12.2. The largest absolute Gasteiger partial charge is 0.375 e. The molecule has 0 aliphatic heterocycles. The monoisotopic (exact) mass is 297 g/mol. The molecule has 1 unspecified atom stereocenters. The highest BCUT2D eigenvalue weighted by atomic mass is 35.5. The summed E-state index contributed by atoms with van der Waals surface area (Å²) in [5.41, 5.74) is 8.28. The van der Waals surface area contributed by atoms with Gasteiger partial charge < -0.3 is 5.73 Å². The Morgan fingerprint density at radius 3 is 2.47 bits per heavy atom. The molecular formula is C14H20ClN3S. The quantitative estimate of drug-likeness (QED) is 0.936. The van der Waals surface area contributed by atoms with Gasteiger partial charge in [-0.05, 0) is 26.5 Å². The van der Waals surface area contributed by atoms with Crippen LogP contribution in [0.5, 0.6) is 0 Å². The minimum absolute atomic E-state index is 0. The Kier molecular flexibility index (Phi) is 5.79. The summed E-state index contributed by atoms with van der Waals surface area (Å²) in [6.45, 7) is 5.21. The number of hydrogen-bond donors (Lipinski definition) is 1. The molecule has 2 rings (SSSR count). The Bertz CT molecular complexity index is 510. The van der Waals surface area contributed by atoms with Gasteiger partial charge in [-0.25, -0.2) is 4.98 Å². The van der Waals surface area contributed by atoms with Gasteiger partial charge in [0.25, 0.3) is 0 Å². The summed E-state index contributed by atoms with van der Waals surface area (Å²) in [5, 5.41) is 0.640. The lowest BCUT2D eigenvalue weighted by molar-refractivity contribution is 0.255. The number of rotatable bonds is 4. The SMILES string of the molecule is Cc1ccc(C(C)N(C)Cc2cnc(N)s2)cc1.Cl. The molecule has 3 nitrogen and oxygen atoms in total. The molecule has 1 atom stereocenters. The maximum Gasteiger partial charge on any atom is 0.180 e. The van der Waals surface area contributed by atoms with Crippen molar-refractivity contribution in [3.8, 4) is 0 Å². The van der Waals surface area contributed by atoms with Crippen LogP contribution in [0.4, 0.5) is 5.13 Å². The van der Waals surface area contributed by atoms with Crippen LogP contribution in [0.3, 0.4) is 0 Å². The molecule has 0 fully saturated rings. The van der Waals surface area contributed by atoms with Crippen molar-refractivity contribution < 1.29 is 0 Å². The number of hydrogen-bond acceptors (Lipinski definition) is 4. The zero-order chi connectivity index (χ0) is 13.1. The number of nitrogen functional groups attached to an aromatic ring is 1. The van der Waals surface area contributed by atoms with Crippen molar-refractivity contribution in [2.24, 2.45) is 0 Å². The third-order valence-corrected chi connectivity index (χ3v) is 4.01. The topological polar surface area (TPSA) is 42.2 Å². The van der Waals surface area contributed by atoms with Gasteiger partial charge in [-0.3, -0.25) is 4.90 Å². The second kappa shape index (κ2) is 6.89. The fourth-order valence-electron chi connectivity index (χ4n) is 1.88. The first kappa shape index (κ1) is 16.0. The van der Waals surface area contributed by atoms with Crippen LogP contribution in [0.25, 0.3) is 0 Å². The van der Waals surface area contributed by atoms with E-state index in [-0.39, 0.29) is 12.4 Å². The maximum atomic E-state index is 5.65. The van der Waals surface area contributed by atoms with Gasteiger partial charge in [0, 0.05) is 23.7 Å². The standard InChI is InChI=1S/C14H19N3S.ClH/c1-10-4-6-12(7-5-10)11(2)17(3)9-13-8-16-14(15)18-13;/h4-8,11H,9H2,1-3H3,(H2,15,16);1H. The van der Waals surface area contributed by atoms with Crippen molar-refractivity contribution in [2.75, 3.05) is 12.8 Å². The van der Waals surface area contributed by atoms with Crippen LogP contribution in [0.15, 0.2) is 30.5 Å². The minimum atomic E-state index is 0. The molecule has 2 aromatic rings. The Labute approximate surface area is 124 Å². The van der Waals surface area contributed by atoms with Crippen LogP contribution in [0.1, 0.15) is 29.0 Å². The summed E-state index contributed by atoms with van der Waals surface area (Å²) in [7, 11) is 2.13. The van der Waals surface area contributed by atoms with Gasteiger partial charge in [-0.2, -0.15) is 0 Å². The van der Waals surface area contributed by atoms with Crippen LogP contribution >= 0.6 is 23.7 Å². The number of aromatic nitrogens is 1. The molecule has 5 heteroatoms. The molecule has 0 radical (unpaired) electrons. The lowest BCUT2D eigenvalue weighted by Crippen LogP contribution is -2.21. The molecule has 0 saturated heterocycles. The van der Waals surface area contributed by atoms with E-state index < -0.39 is 0 Å². The number of anilines is 1. The molecule has 1 heterocycles. The van der Waals surface area contributed by atoms with Crippen LogP contribution in [-0.4, -0.2) is 16.9 Å². The van der Waals surface area contributed by atoms with Gasteiger partial charge in [0.05, 0.1) is 0 Å². The number of aryl methyl sites for hydroxylation is 1. The van der Waals surface area contributed by atoms with Gasteiger partial charge in [0.15, 0.2) is 5.13 Å². The van der Waals surface area contributed by atoms with Gasteiger partial charge in [-0.1, -0.05) is 29.8 Å². The second-order valence-electron chi connectivity index (χ2n) is 4.67. The molecule has 0 saturated carbocycles. The van der Waals surface area contributed by atoms with E-state index in [1.165, 1.54) is 16.0 Å². The molecule has 1 aromatic heterocycles. The van der Waals surface area contributed by atoms with E-state index in [1.807, 2.05) is 6.20 Å². The molecule has 0 spiro atoms. The molecule has 19 heavy (non-hydrogen) atoms. The van der Waals surface area contributed by atoms with E-state index in [0.29, 0.717) is 11.2 Å². The highest BCUT2D eigenvalue weighted by molar-refractivity contribution is 7.15. The molecule has 0 aliphatic rings. The number of halogens is 1. The van der Waals surface area contributed by atoms with Crippen LogP contribution in [0, 0.1) is 6.92 Å². The Morgan fingerprint density at radius 2 is 1.95 bits per heavy atom. The van der Waals surface area contributed by atoms with E-state index in [1.54, 1.807) is 11.3 Å². The van der Waals surface area contributed by atoms with Gasteiger partial charge in [-0.15, -0.1) is 23.7 Å². The molecule has 0 amide bonds. The first-order valence-electron chi connectivity index (χ1n) is 6.03. The smallest absolute Gasteiger partial charge is 0.180 e. The Hall–Kier alpha value is -1.10. The fraction of sp³-hybridized carbons (Fsp3) is 0.357. The summed E-state index contributed by atoms with van der Waals surface area (Å²) in [6, 6.07) is 9.08. The minimum Gasteiger partial charge on any atom is -0.375 e. The molecule has 2 N–H and O–H groups in total. The number of nitrogens with zero attached hydrogens (tertiary/aromatic N) is 2. The maximum absolute atomic E-state index is 5.65. The zero-order valence-corrected chi connectivity index (χ0v) is 13.1. The first-order chi connectivity index (χ1) is 8.56. The number of thiazole rings is 1. The molecule has 1 aromatic carbocycles. The van der Waals surface area contributed by atoms with Crippen molar-refractivity contribution in [1.82, 2.24) is 9.88 Å². The van der Waals surface area contributed by atoms with Crippen LogP contribution < -0.4 is 5.73 Å². The Morgan fingerprint density at radius 1 is 1.32 bits per heavy atom. The predicted molar refractivity (Wildman–Crippen MR) is 84.8 cm³/mol. The van der Waals surface area contributed by atoms with Crippen molar-refractivity contribution in [2.45, 2.75) is 26.4 Å². The average molecular weight is 298 g/mol. The summed E-state index contributed by atoms with van der Waals surface area (Å²) in [5.74, 6) is 0. The fourth-order valence-corrected chi connectivity index (χ4v) is 2.63. The molecular weight excluding hydrogens is 278 g/mol. The van der Waals surface area contributed by atoms with Crippen LogP contribution in [-0.2, 0) is 6.54 Å². The van der Waals surface area contributed by atoms with Gasteiger partial charge in [0.1, 0.15) is 0 Å². The van der Waals surface area contributed by atoms with E-state index in [4.69, 9.17) is 5.73 Å². The third-order valence-electron chi connectivity index (χ3n) is 3.20.